The minimum Gasteiger partial charge on any atom is -0.497 e. The van der Waals surface area contributed by atoms with Gasteiger partial charge < -0.3 is 25.2 Å². The third-order valence-electron chi connectivity index (χ3n) is 5.33. The van der Waals surface area contributed by atoms with E-state index in [2.05, 4.69) is 41.2 Å². The van der Waals surface area contributed by atoms with Crippen molar-refractivity contribution in [2.24, 2.45) is 10.9 Å². The summed E-state index contributed by atoms with van der Waals surface area (Å²) in [6.45, 7) is 16.1. The van der Waals surface area contributed by atoms with Crippen molar-refractivity contribution in [1.82, 2.24) is 20.4 Å². The van der Waals surface area contributed by atoms with Crippen molar-refractivity contribution in [3.63, 3.8) is 0 Å². The van der Waals surface area contributed by atoms with E-state index in [0.717, 1.165) is 61.4 Å². The van der Waals surface area contributed by atoms with Gasteiger partial charge in [-0.25, -0.2) is 0 Å². The predicted octanol–water partition coefficient (Wildman–Crippen LogP) is 3.34. The molecule has 1 aromatic rings. The second-order valence-corrected chi connectivity index (χ2v) is 8.10. The molecule has 6 nitrogen and oxygen atoms in total. The smallest absolute Gasteiger partial charge is 0.191 e. The molecule has 1 aromatic carbocycles. The fourth-order valence-electron chi connectivity index (χ4n) is 3.55. The lowest BCUT2D eigenvalue weighted by molar-refractivity contribution is 0.125. The van der Waals surface area contributed by atoms with Crippen LogP contribution in [-0.2, 0) is 6.42 Å². The molecule has 2 N–H and O–H groups in total. The monoisotopic (exact) mass is 551 g/mol. The van der Waals surface area contributed by atoms with Crippen LogP contribution in [0.2, 0.25) is 5.02 Å². The van der Waals surface area contributed by atoms with Gasteiger partial charge in [0.25, 0.3) is 0 Å². The standard InChI is InChI=1S/C22H38ClN5O.HI/c1-5-24-22(25-10-9-19-7-8-20(29-4)15-21(19)23)26-16-18(3)17-28-13-11-27(6-2)12-14-28;/h7-8,15,18H,5-6,9-14,16-17H2,1-4H3,(H2,24,25,26);1H. The van der Waals surface area contributed by atoms with Crippen LogP contribution in [0.15, 0.2) is 23.2 Å². The van der Waals surface area contributed by atoms with E-state index in [4.69, 9.17) is 21.3 Å². The predicted molar refractivity (Wildman–Crippen MR) is 139 cm³/mol. The number of halogens is 2. The summed E-state index contributed by atoms with van der Waals surface area (Å²) in [5, 5.41) is 7.51. The summed E-state index contributed by atoms with van der Waals surface area (Å²) in [5.41, 5.74) is 1.11. The Morgan fingerprint density at radius 2 is 1.87 bits per heavy atom. The molecule has 1 atom stereocenters. The Labute approximate surface area is 204 Å². The molecule has 172 valence electrons. The summed E-state index contributed by atoms with van der Waals surface area (Å²) in [6.07, 6.45) is 0.838. The highest BCUT2D eigenvalue weighted by molar-refractivity contribution is 14.0. The molecule has 0 amide bonds. The maximum atomic E-state index is 6.34. The molecule has 0 radical (unpaired) electrons. The molecule has 1 heterocycles. The molecule has 30 heavy (non-hydrogen) atoms. The maximum Gasteiger partial charge on any atom is 0.191 e. The zero-order valence-corrected chi connectivity index (χ0v) is 22.0. The number of piperazine rings is 1. The van der Waals surface area contributed by atoms with Crippen molar-refractivity contribution in [2.45, 2.75) is 27.2 Å². The van der Waals surface area contributed by atoms with Crippen LogP contribution in [0.4, 0.5) is 0 Å². The minimum atomic E-state index is 0. The second kappa shape index (κ2) is 15.1. The number of hydrogen-bond acceptors (Lipinski definition) is 4. The maximum absolute atomic E-state index is 6.34. The van der Waals surface area contributed by atoms with E-state index in [9.17, 15) is 0 Å². The minimum absolute atomic E-state index is 0. The molecule has 1 aliphatic rings. The van der Waals surface area contributed by atoms with Gasteiger partial charge in [0.1, 0.15) is 5.75 Å². The van der Waals surface area contributed by atoms with Crippen molar-refractivity contribution in [3.8, 4) is 5.75 Å². The number of rotatable bonds is 10. The van der Waals surface area contributed by atoms with Crippen LogP contribution in [0.25, 0.3) is 0 Å². The third kappa shape index (κ3) is 9.58. The van der Waals surface area contributed by atoms with Gasteiger partial charge >= 0.3 is 0 Å². The number of ether oxygens (including phenoxy) is 1. The van der Waals surface area contributed by atoms with Crippen LogP contribution in [-0.4, -0.2) is 81.8 Å². The van der Waals surface area contributed by atoms with Gasteiger partial charge in [0.2, 0.25) is 0 Å². The molecule has 2 rings (SSSR count). The Bertz CT molecular complexity index is 638. The number of aliphatic imine (C=N–C) groups is 1. The summed E-state index contributed by atoms with van der Waals surface area (Å²) < 4.78 is 5.21. The zero-order chi connectivity index (χ0) is 21.1. The Hall–Kier alpha value is -0.770. The first-order valence-electron chi connectivity index (χ1n) is 10.8. The average molecular weight is 552 g/mol. The summed E-state index contributed by atoms with van der Waals surface area (Å²) in [5.74, 6) is 2.20. The number of benzene rings is 1. The van der Waals surface area contributed by atoms with Gasteiger partial charge in [-0.15, -0.1) is 24.0 Å². The van der Waals surface area contributed by atoms with Crippen LogP contribution in [0, 0.1) is 5.92 Å². The molecule has 0 bridgehead atoms. The summed E-state index contributed by atoms with van der Waals surface area (Å²) >= 11 is 6.34. The normalized spacial score (nSPS) is 16.6. The Morgan fingerprint density at radius 3 is 2.47 bits per heavy atom. The zero-order valence-electron chi connectivity index (χ0n) is 18.9. The first-order chi connectivity index (χ1) is 14.0. The first-order valence-corrected chi connectivity index (χ1v) is 11.2. The molecule has 1 saturated heterocycles. The Morgan fingerprint density at radius 1 is 1.17 bits per heavy atom. The fraction of sp³-hybridized carbons (Fsp3) is 0.682. The molecule has 0 aliphatic carbocycles. The first kappa shape index (κ1) is 27.3. The number of likely N-dealkylation sites (N-methyl/N-ethyl adjacent to an activating group) is 1. The lowest BCUT2D eigenvalue weighted by Crippen LogP contribution is -2.47. The number of methoxy groups -OCH3 is 1. The van der Waals surface area contributed by atoms with Gasteiger partial charge in [-0.1, -0.05) is 31.5 Å². The molecular weight excluding hydrogens is 513 g/mol. The lowest BCUT2D eigenvalue weighted by Gasteiger charge is -2.35. The third-order valence-corrected chi connectivity index (χ3v) is 5.69. The average Bonchev–Trinajstić information content (AvgIpc) is 2.73. The van der Waals surface area contributed by atoms with Crippen LogP contribution < -0.4 is 15.4 Å². The number of nitrogens with one attached hydrogen (secondary N) is 2. The largest absolute Gasteiger partial charge is 0.497 e. The molecule has 1 unspecified atom stereocenters. The van der Waals surface area contributed by atoms with Crippen LogP contribution in [0.3, 0.4) is 0 Å². The van der Waals surface area contributed by atoms with E-state index in [-0.39, 0.29) is 24.0 Å². The molecule has 0 aromatic heterocycles. The van der Waals surface area contributed by atoms with Crippen molar-refractivity contribution >= 4 is 41.5 Å². The number of nitrogens with zero attached hydrogens (tertiary/aromatic N) is 3. The van der Waals surface area contributed by atoms with Crippen molar-refractivity contribution in [3.05, 3.63) is 28.8 Å². The highest BCUT2D eigenvalue weighted by atomic mass is 127. The fourth-order valence-corrected chi connectivity index (χ4v) is 3.81. The van der Waals surface area contributed by atoms with Crippen molar-refractivity contribution in [1.29, 1.82) is 0 Å². The van der Waals surface area contributed by atoms with Gasteiger partial charge in [-0.3, -0.25) is 4.99 Å². The molecule has 8 heteroatoms. The van der Waals surface area contributed by atoms with Gasteiger partial charge in [-0.2, -0.15) is 0 Å². The highest BCUT2D eigenvalue weighted by Crippen LogP contribution is 2.22. The molecule has 0 saturated carbocycles. The Kier molecular flexibility index (Phi) is 13.7. The summed E-state index contributed by atoms with van der Waals surface area (Å²) in [4.78, 5) is 9.88. The molecule has 0 spiro atoms. The lowest BCUT2D eigenvalue weighted by atomic mass is 10.1. The number of hydrogen-bond donors (Lipinski definition) is 2. The molecular formula is C22H39ClIN5O. The summed E-state index contributed by atoms with van der Waals surface area (Å²) in [7, 11) is 1.65. The quantitative estimate of drug-likeness (QED) is 0.265. The van der Waals surface area contributed by atoms with Gasteiger partial charge in [0, 0.05) is 57.4 Å². The van der Waals surface area contributed by atoms with Crippen LogP contribution in [0.5, 0.6) is 5.75 Å². The second-order valence-electron chi connectivity index (χ2n) is 7.69. The SMILES string of the molecule is CCNC(=NCC(C)CN1CCN(CC)CC1)NCCc1ccc(OC)cc1Cl.I. The van der Waals surface area contributed by atoms with Gasteiger partial charge in [-0.05, 0) is 43.5 Å². The van der Waals surface area contributed by atoms with E-state index in [1.165, 1.54) is 26.2 Å². The molecule has 1 aliphatic heterocycles. The number of guanidine groups is 1. The van der Waals surface area contributed by atoms with E-state index in [0.29, 0.717) is 5.92 Å². The topological polar surface area (TPSA) is 52.1 Å². The van der Waals surface area contributed by atoms with E-state index >= 15 is 0 Å². The van der Waals surface area contributed by atoms with Crippen LogP contribution >= 0.6 is 35.6 Å². The van der Waals surface area contributed by atoms with E-state index in [1.807, 2.05) is 18.2 Å². The van der Waals surface area contributed by atoms with Crippen molar-refractivity contribution < 1.29 is 4.74 Å². The highest BCUT2D eigenvalue weighted by Gasteiger charge is 2.17. The summed E-state index contributed by atoms with van der Waals surface area (Å²) in [6, 6.07) is 5.83. The van der Waals surface area contributed by atoms with Crippen molar-refractivity contribution in [2.75, 3.05) is 66.0 Å². The Balaban J connectivity index is 0.00000450. The van der Waals surface area contributed by atoms with E-state index < -0.39 is 0 Å². The van der Waals surface area contributed by atoms with Gasteiger partial charge in [0.05, 0.1) is 7.11 Å². The molecule has 1 fully saturated rings. The van der Waals surface area contributed by atoms with Crippen LogP contribution in [0.1, 0.15) is 26.3 Å². The van der Waals surface area contributed by atoms with E-state index in [1.54, 1.807) is 7.11 Å². The van der Waals surface area contributed by atoms with Gasteiger partial charge in [0.15, 0.2) is 5.96 Å².